The Morgan fingerprint density at radius 2 is 1.80 bits per heavy atom. The molecule has 0 atom stereocenters. The van der Waals surface area contributed by atoms with Gasteiger partial charge in [0.1, 0.15) is 5.82 Å². The second-order valence-corrected chi connectivity index (χ2v) is 6.45. The summed E-state index contributed by atoms with van der Waals surface area (Å²) in [4.78, 5) is 4.39. The average Bonchev–Trinajstić information content (AvgIpc) is 2.66. The van der Waals surface area contributed by atoms with Crippen molar-refractivity contribution in [1.29, 1.82) is 0 Å². The Bertz CT molecular complexity index is 615. The van der Waals surface area contributed by atoms with Crippen molar-refractivity contribution in [3.05, 3.63) is 22.4 Å². The van der Waals surface area contributed by atoms with Crippen molar-refractivity contribution in [2.75, 3.05) is 5.73 Å². The van der Waals surface area contributed by atoms with E-state index in [0.29, 0.717) is 16.5 Å². The van der Waals surface area contributed by atoms with Crippen LogP contribution in [0.5, 0.6) is 0 Å². The highest BCUT2D eigenvalue weighted by Crippen LogP contribution is 2.33. The van der Waals surface area contributed by atoms with Crippen molar-refractivity contribution in [2.45, 2.75) is 51.0 Å². The smallest absolute Gasteiger partial charge is 0.201 e. The first-order chi connectivity index (χ1) is 9.66. The summed E-state index contributed by atoms with van der Waals surface area (Å²) in [6.07, 6.45) is 8.52. The Hall–Kier alpha value is -1.10. The Morgan fingerprint density at radius 3 is 2.50 bits per heavy atom. The van der Waals surface area contributed by atoms with Crippen LogP contribution in [-0.2, 0) is 0 Å². The van der Waals surface area contributed by atoms with Crippen molar-refractivity contribution >= 4 is 32.9 Å². The maximum absolute atomic E-state index is 13.8. The number of benzene rings is 1. The molecule has 0 amide bonds. The molecule has 5 heteroatoms. The maximum Gasteiger partial charge on any atom is 0.201 e. The largest absolute Gasteiger partial charge is 0.369 e. The molecule has 0 radical (unpaired) electrons. The van der Waals surface area contributed by atoms with Gasteiger partial charge in [-0.2, -0.15) is 0 Å². The third-order valence-electron chi connectivity index (χ3n) is 4.20. The molecule has 108 valence electrons. The second-order valence-electron chi connectivity index (χ2n) is 5.59. The van der Waals surface area contributed by atoms with Crippen molar-refractivity contribution in [3.8, 4) is 0 Å². The number of anilines is 1. The van der Waals surface area contributed by atoms with Crippen LogP contribution in [0.25, 0.3) is 11.0 Å². The molecule has 2 N–H and O–H groups in total. The molecule has 3 rings (SSSR count). The third-order valence-corrected chi connectivity index (χ3v) is 4.81. The number of hydrogen-bond acceptors (Lipinski definition) is 2. The molecule has 1 aromatic carbocycles. The van der Waals surface area contributed by atoms with E-state index < -0.39 is 0 Å². The SMILES string of the molecule is Nc1nc2cc(Br)c(F)cc2n1C1CCCCCCC1. The maximum atomic E-state index is 13.8. The number of halogens is 2. The van der Waals surface area contributed by atoms with Gasteiger partial charge >= 0.3 is 0 Å². The summed E-state index contributed by atoms with van der Waals surface area (Å²) in [5.41, 5.74) is 7.66. The van der Waals surface area contributed by atoms with Gasteiger partial charge in [0, 0.05) is 12.1 Å². The Labute approximate surface area is 126 Å². The number of aromatic nitrogens is 2. The summed E-state index contributed by atoms with van der Waals surface area (Å²) < 4.78 is 16.3. The van der Waals surface area contributed by atoms with E-state index in [4.69, 9.17) is 5.73 Å². The first-order valence-corrected chi connectivity index (χ1v) is 8.08. The molecule has 1 saturated carbocycles. The summed E-state index contributed by atoms with van der Waals surface area (Å²) in [6.45, 7) is 0. The molecule has 1 aliphatic rings. The van der Waals surface area contributed by atoms with E-state index in [1.165, 1.54) is 32.1 Å². The van der Waals surface area contributed by atoms with Crippen LogP contribution in [-0.4, -0.2) is 9.55 Å². The average molecular weight is 340 g/mol. The van der Waals surface area contributed by atoms with Crippen molar-refractivity contribution in [2.24, 2.45) is 0 Å². The molecule has 1 fully saturated rings. The zero-order valence-corrected chi connectivity index (χ0v) is 13.0. The van der Waals surface area contributed by atoms with Crippen LogP contribution in [0.2, 0.25) is 0 Å². The Kier molecular flexibility index (Phi) is 3.96. The van der Waals surface area contributed by atoms with E-state index in [-0.39, 0.29) is 5.82 Å². The van der Waals surface area contributed by atoms with Gasteiger partial charge in [-0.05, 0) is 34.8 Å². The summed E-state index contributed by atoms with van der Waals surface area (Å²) in [5, 5.41) is 0. The lowest BCUT2D eigenvalue weighted by Gasteiger charge is -2.22. The predicted molar refractivity (Wildman–Crippen MR) is 83.2 cm³/mol. The Balaban J connectivity index is 2.04. The van der Waals surface area contributed by atoms with E-state index in [9.17, 15) is 4.39 Å². The third kappa shape index (κ3) is 2.55. The van der Waals surface area contributed by atoms with E-state index in [1.54, 1.807) is 12.1 Å². The zero-order valence-electron chi connectivity index (χ0n) is 11.4. The number of nitrogens with zero attached hydrogens (tertiary/aromatic N) is 2. The minimum absolute atomic E-state index is 0.260. The van der Waals surface area contributed by atoms with Gasteiger partial charge in [0.25, 0.3) is 0 Å². The van der Waals surface area contributed by atoms with Gasteiger partial charge in [0.15, 0.2) is 0 Å². The first-order valence-electron chi connectivity index (χ1n) is 7.29. The molecule has 3 nitrogen and oxygen atoms in total. The van der Waals surface area contributed by atoms with Crippen molar-refractivity contribution < 1.29 is 4.39 Å². The molecule has 0 spiro atoms. The van der Waals surface area contributed by atoms with Gasteiger partial charge in [-0.25, -0.2) is 9.37 Å². The summed E-state index contributed by atoms with van der Waals surface area (Å²) in [6, 6.07) is 3.60. The fourth-order valence-electron chi connectivity index (χ4n) is 3.19. The van der Waals surface area contributed by atoms with Gasteiger partial charge < -0.3 is 10.3 Å². The lowest BCUT2D eigenvalue weighted by molar-refractivity contribution is 0.381. The number of fused-ring (bicyclic) bond motifs is 1. The Morgan fingerprint density at radius 1 is 1.15 bits per heavy atom. The minimum atomic E-state index is -0.260. The first kappa shape index (κ1) is 13.9. The van der Waals surface area contributed by atoms with E-state index in [0.717, 1.165) is 23.9 Å². The molecular weight excluding hydrogens is 321 g/mol. The van der Waals surface area contributed by atoms with Crippen LogP contribution in [0, 0.1) is 5.82 Å². The molecule has 2 aromatic rings. The molecule has 0 unspecified atom stereocenters. The van der Waals surface area contributed by atoms with Gasteiger partial charge in [-0.15, -0.1) is 0 Å². The second kappa shape index (κ2) is 5.72. The monoisotopic (exact) mass is 339 g/mol. The number of nitrogens with two attached hydrogens (primary N) is 1. The van der Waals surface area contributed by atoms with E-state index >= 15 is 0 Å². The number of nitrogen functional groups attached to an aromatic ring is 1. The van der Waals surface area contributed by atoms with Crippen LogP contribution in [0.15, 0.2) is 16.6 Å². The van der Waals surface area contributed by atoms with Crippen molar-refractivity contribution in [1.82, 2.24) is 9.55 Å². The lowest BCUT2D eigenvalue weighted by atomic mass is 9.96. The summed E-state index contributed by atoms with van der Waals surface area (Å²) in [7, 11) is 0. The van der Waals surface area contributed by atoms with Gasteiger partial charge in [0.2, 0.25) is 5.95 Å². The topological polar surface area (TPSA) is 43.8 Å². The normalized spacial score (nSPS) is 18.1. The minimum Gasteiger partial charge on any atom is -0.369 e. The summed E-state index contributed by atoms with van der Waals surface area (Å²) in [5.74, 6) is 0.243. The number of hydrogen-bond donors (Lipinski definition) is 1. The molecular formula is C15H19BrFN3. The molecule has 1 heterocycles. The number of imidazole rings is 1. The molecule has 0 saturated heterocycles. The fraction of sp³-hybridized carbons (Fsp3) is 0.533. The van der Waals surface area contributed by atoms with Crippen molar-refractivity contribution in [3.63, 3.8) is 0 Å². The fourth-order valence-corrected chi connectivity index (χ4v) is 3.52. The highest BCUT2D eigenvalue weighted by molar-refractivity contribution is 9.10. The molecule has 1 aromatic heterocycles. The highest BCUT2D eigenvalue weighted by Gasteiger charge is 2.20. The quantitative estimate of drug-likeness (QED) is 0.810. The summed E-state index contributed by atoms with van der Waals surface area (Å²) >= 11 is 3.20. The molecule has 0 bridgehead atoms. The lowest BCUT2D eigenvalue weighted by Crippen LogP contribution is -2.13. The molecule has 20 heavy (non-hydrogen) atoms. The van der Waals surface area contributed by atoms with Gasteiger partial charge in [0.05, 0.1) is 15.5 Å². The van der Waals surface area contributed by atoms with Gasteiger partial charge in [-0.1, -0.05) is 32.1 Å². The standard InChI is InChI=1S/C15H19BrFN3/c16-11-8-13-14(9-12(11)17)20(15(18)19-13)10-6-4-2-1-3-5-7-10/h8-10H,1-7H2,(H2,18,19). The number of rotatable bonds is 1. The van der Waals surface area contributed by atoms with Crippen LogP contribution < -0.4 is 5.73 Å². The van der Waals surface area contributed by atoms with E-state index in [1.807, 2.05) is 4.57 Å². The van der Waals surface area contributed by atoms with Crippen LogP contribution >= 0.6 is 15.9 Å². The predicted octanol–water partition coefficient (Wildman–Crippen LogP) is 4.81. The van der Waals surface area contributed by atoms with Crippen LogP contribution in [0.3, 0.4) is 0 Å². The molecule has 0 aliphatic heterocycles. The van der Waals surface area contributed by atoms with Gasteiger partial charge in [-0.3, -0.25) is 0 Å². The van der Waals surface area contributed by atoms with Crippen LogP contribution in [0.4, 0.5) is 10.3 Å². The molecule has 1 aliphatic carbocycles. The zero-order chi connectivity index (χ0) is 14.1. The van der Waals surface area contributed by atoms with Crippen LogP contribution in [0.1, 0.15) is 51.0 Å². The van der Waals surface area contributed by atoms with E-state index in [2.05, 4.69) is 20.9 Å². The highest BCUT2D eigenvalue weighted by atomic mass is 79.9.